The van der Waals surface area contributed by atoms with Crippen LogP contribution in [0.1, 0.15) is 18.1 Å². The predicted molar refractivity (Wildman–Crippen MR) is 111 cm³/mol. The lowest BCUT2D eigenvalue weighted by Gasteiger charge is -2.36. The lowest BCUT2D eigenvalue weighted by molar-refractivity contribution is -0.143. The van der Waals surface area contributed by atoms with Crippen molar-refractivity contribution in [3.05, 3.63) is 53.6 Å². The second-order valence-electron chi connectivity index (χ2n) is 6.87. The van der Waals surface area contributed by atoms with E-state index in [1.807, 2.05) is 56.3 Å². The molecule has 0 aliphatic carbocycles. The van der Waals surface area contributed by atoms with Crippen molar-refractivity contribution in [3.8, 4) is 5.75 Å². The van der Waals surface area contributed by atoms with Crippen LogP contribution >= 0.6 is 0 Å². The van der Waals surface area contributed by atoms with E-state index in [1.165, 1.54) is 0 Å². The summed E-state index contributed by atoms with van der Waals surface area (Å²) in [4.78, 5) is 29.0. The van der Waals surface area contributed by atoms with Gasteiger partial charge in [0.2, 0.25) is 0 Å². The van der Waals surface area contributed by atoms with E-state index in [2.05, 4.69) is 10.2 Å². The standard InChI is InChI=1S/C22H27N3O3/c1-4-17-9-7-8-16(2)20(17)23-21(26)22(27)25-14-12-24(13-15-25)18-10-5-6-11-19(18)28-3/h5-11H,4,12-15H2,1-3H3,(H,23,26). The van der Waals surface area contributed by atoms with Crippen molar-refractivity contribution in [2.24, 2.45) is 0 Å². The normalized spacial score (nSPS) is 14.0. The Hall–Kier alpha value is -3.02. The van der Waals surface area contributed by atoms with Gasteiger partial charge in [0.25, 0.3) is 0 Å². The Morgan fingerprint density at radius 3 is 2.43 bits per heavy atom. The summed E-state index contributed by atoms with van der Waals surface area (Å²) in [5.41, 5.74) is 3.74. The van der Waals surface area contributed by atoms with Crippen molar-refractivity contribution < 1.29 is 14.3 Å². The highest BCUT2D eigenvalue weighted by atomic mass is 16.5. The van der Waals surface area contributed by atoms with Crippen LogP contribution < -0.4 is 15.0 Å². The monoisotopic (exact) mass is 381 g/mol. The van der Waals surface area contributed by atoms with E-state index in [-0.39, 0.29) is 0 Å². The van der Waals surface area contributed by atoms with Crippen molar-refractivity contribution in [2.45, 2.75) is 20.3 Å². The van der Waals surface area contributed by atoms with E-state index < -0.39 is 11.8 Å². The fourth-order valence-electron chi connectivity index (χ4n) is 3.55. The van der Waals surface area contributed by atoms with Gasteiger partial charge in [-0.3, -0.25) is 9.59 Å². The number of carbonyl (C=O) groups is 2. The van der Waals surface area contributed by atoms with Crippen LogP contribution in [0.25, 0.3) is 0 Å². The summed E-state index contributed by atoms with van der Waals surface area (Å²) < 4.78 is 5.42. The summed E-state index contributed by atoms with van der Waals surface area (Å²) >= 11 is 0. The Morgan fingerprint density at radius 1 is 1.04 bits per heavy atom. The number of methoxy groups -OCH3 is 1. The number of hydrogen-bond donors (Lipinski definition) is 1. The molecule has 2 aromatic carbocycles. The number of anilines is 2. The van der Waals surface area contributed by atoms with Gasteiger partial charge in [-0.25, -0.2) is 0 Å². The van der Waals surface area contributed by atoms with Gasteiger partial charge >= 0.3 is 11.8 Å². The molecule has 1 saturated heterocycles. The zero-order valence-electron chi connectivity index (χ0n) is 16.7. The van der Waals surface area contributed by atoms with Gasteiger partial charge in [-0.05, 0) is 36.6 Å². The molecule has 0 spiro atoms. The smallest absolute Gasteiger partial charge is 0.313 e. The quantitative estimate of drug-likeness (QED) is 0.828. The Bertz CT molecular complexity index is 858. The first-order valence-corrected chi connectivity index (χ1v) is 9.61. The third-order valence-electron chi connectivity index (χ3n) is 5.17. The van der Waals surface area contributed by atoms with Crippen molar-refractivity contribution in [2.75, 3.05) is 43.5 Å². The molecule has 1 heterocycles. The molecule has 3 rings (SSSR count). The number of amides is 2. The molecule has 0 unspecified atom stereocenters. The largest absolute Gasteiger partial charge is 0.495 e. The number of benzene rings is 2. The number of ether oxygens (including phenoxy) is 1. The fraction of sp³-hybridized carbons (Fsp3) is 0.364. The molecule has 0 saturated carbocycles. The SMILES string of the molecule is CCc1cccc(C)c1NC(=O)C(=O)N1CCN(c2ccccc2OC)CC1. The summed E-state index contributed by atoms with van der Waals surface area (Å²) in [5.74, 6) is -0.244. The number of aryl methyl sites for hydroxylation is 2. The Kier molecular flexibility index (Phi) is 6.19. The molecule has 1 aliphatic rings. The summed E-state index contributed by atoms with van der Waals surface area (Å²) in [6.45, 7) is 6.28. The summed E-state index contributed by atoms with van der Waals surface area (Å²) in [6.07, 6.45) is 0.795. The highest BCUT2D eigenvalue weighted by Gasteiger charge is 2.27. The number of para-hydroxylation sites is 3. The second-order valence-corrected chi connectivity index (χ2v) is 6.87. The average molecular weight is 381 g/mol. The third-order valence-corrected chi connectivity index (χ3v) is 5.17. The summed E-state index contributed by atoms with van der Waals surface area (Å²) in [6, 6.07) is 13.7. The predicted octanol–water partition coefficient (Wildman–Crippen LogP) is 2.85. The van der Waals surface area contributed by atoms with E-state index in [0.29, 0.717) is 26.2 Å². The van der Waals surface area contributed by atoms with E-state index in [9.17, 15) is 9.59 Å². The van der Waals surface area contributed by atoms with Crippen LogP contribution in [0, 0.1) is 6.92 Å². The molecular formula is C22H27N3O3. The van der Waals surface area contributed by atoms with Crippen LogP contribution in [0.4, 0.5) is 11.4 Å². The molecule has 2 amide bonds. The number of carbonyl (C=O) groups excluding carboxylic acids is 2. The molecule has 6 nitrogen and oxygen atoms in total. The van der Waals surface area contributed by atoms with E-state index in [0.717, 1.165) is 34.7 Å². The van der Waals surface area contributed by atoms with Gasteiger partial charge in [-0.15, -0.1) is 0 Å². The number of hydrogen-bond acceptors (Lipinski definition) is 4. The molecular weight excluding hydrogens is 354 g/mol. The topological polar surface area (TPSA) is 61.9 Å². The van der Waals surface area contributed by atoms with E-state index in [4.69, 9.17) is 4.74 Å². The molecule has 2 aromatic rings. The van der Waals surface area contributed by atoms with Crippen molar-refractivity contribution in [1.29, 1.82) is 0 Å². The first kappa shape index (κ1) is 19.7. The lowest BCUT2D eigenvalue weighted by atomic mass is 10.1. The van der Waals surface area contributed by atoms with E-state index >= 15 is 0 Å². The minimum absolute atomic E-state index is 0.481. The summed E-state index contributed by atoms with van der Waals surface area (Å²) in [5, 5.41) is 2.82. The van der Waals surface area contributed by atoms with Crippen LogP contribution in [-0.2, 0) is 16.0 Å². The molecule has 148 valence electrons. The van der Waals surface area contributed by atoms with Gasteiger partial charge in [0.05, 0.1) is 12.8 Å². The lowest BCUT2D eigenvalue weighted by Crippen LogP contribution is -2.51. The number of piperazine rings is 1. The van der Waals surface area contributed by atoms with Crippen molar-refractivity contribution >= 4 is 23.2 Å². The molecule has 0 bridgehead atoms. The third kappa shape index (κ3) is 4.11. The number of nitrogens with zero attached hydrogens (tertiary/aromatic N) is 2. The van der Waals surface area contributed by atoms with Crippen LogP contribution in [0.3, 0.4) is 0 Å². The molecule has 0 atom stereocenters. The van der Waals surface area contributed by atoms with Gasteiger partial charge in [0.1, 0.15) is 5.75 Å². The van der Waals surface area contributed by atoms with Gasteiger partial charge in [-0.1, -0.05) is 37.3 Å². The van der Waals surface area contributed by atoms with Gasteiger partial charge in [0, 0.05) is 31.9 Å². The maximum Gasteiger partial charge on any atom is 0.313 e. The molecule has 1 aliphatic heterocycles. The second kappa shape index (κ2) is 8.78. The van der Waals surface area contributed by atoms with Crippen LogP contribution in [0.2, 0.25) is 0 Å². The zero-order valence-corrected chi connectivity index (χ0v) is 16.7. The maximum atomic E-state index is 12.7. The first-order valence-electron chi connectivity index (χ1n) is 9.61. The Morgan fingerprint density at radius 2 is 1.75 bits per heavy atom. The van der Waals surface area contributed by atoms with Crippen LogP contribution in [0.5, 0.6) is 5.75 Å². The Balaban J connectivity index is 1.63. The number of nitrogens with one attached hydrogen (secondary N) is 1. The molecule has 1 fully saturated rings. The van der Waals surface area contributed by atoms with Gasteiger partial charge in [0.15, 0.2) is 0 Å². The molecule has 1 N–H and O–H groups in total. The first-order chi connectivity index (χ1) is 13.5. The average Bonchev–Trinajstić information content (AvgIpc) is 2.74. The highest BCUT2D eigenvalue weighted by molar-refractivity contribution is 6.39. The summed E-state index contributed by atoms with van der Waals surface area (Å²) in [7, 11) is 1.65. The van der Waals surface area contributed by atoms with Crippen LogP contribution in [-0.4, -0.2) is 50.0 Å². The van der Waals surface area contributed by atoms with Crippen molar-refractivity contribution in [3.63, 3.8) is 0 Å². The highest BCUT2D eigenvalue weighted by Crippen LogP contribution is 2.28. The minimum atomic E-state index is -0.574. The zero-order chi connectivity index (χ0) is 20.1. The molecule has 0 aromatic heterocycles. The number of rotatable bonds is 4. The maximum absolute atomic E-state index is 12.7. The Labute approximate surface area is 166 Å². The van der Waals surface area contributed by atoms with Gasteiger partial charge < -0.3 is 19.9 Å². The molecule has 6 heteroatoms. The molecule has 0 radical (unpaired) electrons. The van der Waals surface area contributed by atoms with E-state index in [1.54, 1.807) is 12.0 Å². The van der Waals surface area contributed by atoms with Crippen molar-refractivity contribution in [1.82, 2.24) is 4.90 Å². The fourth-order valence-corrected chi connectivity index (χ4v) is 3.55. The molecule has 28 heavy (non-hydrogen) atoms. The van der Waals surface area contributed by atoms with Gasteiger partial charge in [-0.2, -0.15) is 0 Å². The minimum Gasteiger partial charge on any atom is -0.495 e. The van der Waals surface area contributed by atoms with Crippen LogP contribution in [0.15, 0.2) is 42.5 Å².